The van der Waals surface area contributed by atoms with Gasteiger partial charge in [0.1, 0.15) is 17.0 Å². The van der Waals surface area contributed by atoms with Crippen LogP contribution in [0.3, 0.4) is 0 Å². The van der Waals surface area contributed by atoms with Gasteiger partial charge in [0, 0.05) is 13.1 Å². The van der Waals surface area contributed by atoms with Gasteiger partial charge >= 0.3 is 12.2 Å². The summed E-state index contributed by atoms with van der Waals surface area (Å²) in [6.07, 6.45) is -1.35. The van der Waals surface area contributed by atoms with Crippen LogP contribution >= 0.6 is 0 Å². The fourth-order valence-corrected chi connectivity index (χ4v) is 3.21. The van der Waals surface area contributed by atoms with Crippen LogP contribution in [-0.2, 0) is 9.47 Å². The summed E-state index contributed by atoms with van der Waals surface area (Å²) in [5.74, 6) is 0.466. The van der Waals surface area contributed by atoms with Gasteiger partial charge in [-0.2, -0.15) is 0 Å². The molecule has 0 unspecified atom stereocenters. The number of nitrogens with one attached hydrogen (secondary N) is 1. The second kappa shape index (κ2) is 10.2. The van der Waals surface area contributed by atoms with E-state index in [0.717, 1.165) is 4.90 Å². The van der Waals surface area contributed by atoms with Crippen LogP contribution in [0.5, 0.6) is 11.5 Å². The molecular weight excluding hydrogens is 454 g/mol. The molecule has 190 valence electrons. The lowest BCUT2D eigenvalue weighted by molar-refractivity contribution is -0.384. The zero-order valence-electron chi connectivity index (χ0n) is 21.6. The number of aryl methyl sites for hydroxylation is 2. The Kier molecular flexibility index (Phi) is 8.00. The molecule has 0 radical (unpaired) electrons. The van der Waals surface area contributed by atoms with Crippen molar-refractivity contribution in [2.24, 2.45) is 0 Å². The van der Waals surface area contributed by atoms with E-state index in [1.807, 2.05) is 0 Å². The molecule has 35 heavy (non-hydrogen) atoms. The van der Waals surface area contributed by atoms with Crippen molar-refractivity contribution in [2.75, 3.05) is 17.3 Å². The van der Waals surface area contributed by atoms with Crippen LogP contribution in [0, 0.1) is 24.0 Å². The maximum Gasteiger partial charge on any atom is 0.414 e. The van der Waals surface area contributed by atoms with Crippen LogP contribution in [0.2, 0.25) is 0 Å². The number of ether oxygens (including phenoxy) is 3. The van der Waals surface area contributed by atoms with Crippen molar-refractivity contribution in [1.82, 2.24) is 0 Å². The maximum atomic E-state index is 12.7. The molecule has 0 aliphatic rings. The third-order valence-electron chi connectivity index (χ3n) is 4.54. The number of anilines is 2. The molecule has 2 aromatic rings. The number of hydrogen-bond acceptors (Lipinski definition) is 7. The minimum Gasteiger partial charge on any atom is -0.455 e. The highest BCUT2D eigenvalue weighted by Crippen LogP contribution is 2.41. The number of amides is 2. The van der Waals surface area contributed by atoms with E-state index in [1.54, 1.807) is 67.5 Å². The molecule has 0 aliphatic heterocycles. The number of benzene rings is 2. The topological polar surface area (TPSA) is 120 Å². The zero-order chi connectivity index (χ0) is 26.7. The third-order valence-corrected chi connectivity index (χ3v) is 4.54. The van der Waals surface area contributed by atoms with Crippen molar-refractivity contribution < 1.29 is 28.7 Å². The first-order valence-corrected chi connectivity index (χ1v) is 11.0. The molecule has 2 amide bonds. The van der Waals surface area contributed by atoms with E-state index in [2.05, 4.69) is 5.32 Å². The molecule has 10 nitrogen and oxygen atoms in total. The fraction of sp³-hybridized carbons (Fsp3) is 0.440. The van der Waals surface area contributed by atoms with E-state index in [-0.39, 0.29) is 17.1 Å². The number of rotatable bonds is 5. The summed E-state index contributed by atoms with van der Waals surface area (Å²) in [6, 6.07) is 7.64. The smallest absolute Gasteiger partial charge is 0.414 e. The predicted molar refractivity (Wildman–Crippen MR) is 134 cm³/mol. The van der Waals surface area contributed by atoms with Gasteiger partial charge in [-0.1, -0.05) is 6.07 Å². The molecule has 0 spiro atoms. The average molecular weight is 488 g/mol. The summed E-state index contributed by atoms with van der Waals surface area (Å²) >= 11 is 0. The van der Waals surface area contributed by atoms with Gasteiger partial charge in [0.15, 0.2) is 11.4 Å². The Hall–Kier alpha value is -3.82. The van der Waals surface area contributed by atoms with Crippen molar-refractivity contribution in [1.29, 1.82) is 0 Å². The summed E-state index contributed by atoms with van der Waals surface area (Å²) in [4.78, 5) is 37.1. The van der Waals surface area contributed by atoms with E-state index in [9.17, 15) is 19.7 Å². The number of nitrogens with zero attached hydrogens (tertiary/aromatic N) is 2. The first-order valence-electron chi connectivity index (χ1n) is 11.0. The maximum absolute atomic E-state index is 12.7. The van der Waals surface area contributed by atoms with Gasteiger partial charge < -0.3 is 14.2 Å². The Balaban J connectivity index is 2.43. The Bertz CT molecular complexity index is 1110. The molecule has 0 fully saturated rings. The summed E-state index contributed by atoms with van der Waals surface area (Å²) in [5.41, 5.74) is 0.160. The third kappa shape index (κ3) is 7.59. The van der Waals surface area contributed by atoms with E-state index in [0.29, 0.717) is 22.6 Å². The minimum absolute atomic E-state index is 0.0435. The van der Waals surface area contributed by atoms with Gasteiger partial charge in [-0.15, -0.1) is 0 Å². The molecule has 0 saturated heterocycles. The Morgan fingerprint density at radius 2 is 1.51 bits per heavy atom. The number of carbonyl (C=O) groups is 2. The molecule has 0 aromatic heterocycles. The van der Waals surface area contributed by atoms with Gasteiger partial charge in [0.05, 0.1) is 10.6 Å². The number of nitro groups is 1. The van der Waals surface area contributed by atoms with Gasteiger partial charge in [0.25, 0.3) is 5.69 Å². The van der Waals surface area contributed by atoms with Crippen LogP contribution in [-0.4, -0.2) is 35.4 Å². The quantitative estimate of drug-likeness (QED) is 0.367. The lowest BCUT2D eigenvalue weighted by Crippen LogP contribution is -2.34. The van der Waals surface area contributed by atoms with Crippen LogP contribution in [0.4, 0.5) is 26.7 Å². The average Bonchev–Trinajstić information content (AvgIpc) is 2.67. The molecule has 0 bridgehead atoms. The SMILES string of the molecule is Cc1cc(Oc2cccc([N+](=O)[O-])c2N(C)C(=O)OC(C)(C)C)cc(C)c1NC(=O)OC(C)(C)C. The number of hydrogen-bond donors (Lipinski definition) is 1. The van der Waals surface area contributed by atoms with E-state index in [1.165, 1.54) is 25.2 Å². The lowest BCUT2D eigenvalue weighted by Gasteiger charge is -2.25. The van der Waals surface area contributed by atoms with Crippen LogP contribution in [0.15, 0.2) is 30.3 Å². The van der Waals surface area contributed by atoms with Crippen LogP contribution < -0.4 is 15.0 Å². The standard InChI is InChI=1S/C25H33N3O7/c1-15-13-17(14-16(2)20(15)26-22(29)34-24(3,4)5)33-19-12-10-11-18(28(31)32)21(19)27(9)23(30)35-25(6,7)8/h10-14H,1-9H3,(H,26,29). The first-order chi connectivity index (χ1) is 16.0. The molecule has 0 aliphatic carbocycles. The predicted octanol–water partition coefficient (Wildman–Crippen LogP) is 6.72. The van der Waals surface area contributed by atoms with Crippen molar-refractivity contribution in [3.05, 3.63) is 51.6 Å². The Labute approximate surface area is 205 Å². The summed E-state index contributed by atoms with van der Waals surface area (Å²) in [7, 11) is 1.38. The monoisotopic (exact) mass is 487 g/mol. The second-order valence-electron chi connectivity index (χ2n) is 10.1. The minimum atomic E-state index is -0.791. The van der Waals surface area contributed by atoms with E-state index >= 15 is 0 Å². The highest BCUT2D eigenvalue weighted by Gasteiger charge is 2.29. The van der Waals surface area contributed by atoms with Crippen molar-refractivity contribution in [3.63, 3.8) is 0 Å². The molecule has 0 heterocycles. The number of para-hydroxylation sites is 1. The fourth-order valence-electron chi connectivity index (χ4n) is 3.21. The number of nitro benzene ring substituents is 1. The van der Waals surface area contributed by atoms with Crippen molar-refractivity contribution in [2.45, 2.75) is 66.6 Å². The number of carbonyl (C=O) groups excluding carboxylic acids is 2. The molecule has 2 rings (SSSR count). The first kappa shape index (κ1) is 27.4. The Morgan fingerprint density at radius 3 is 2.00 bits per heavy atom. The molecule has 10 heteroatoms. The molecule has 2 aromatic carbocycles. The van der Waals surface area contributed by atoms with Crippen molar-refractivity contribution >= 4 is 29.2 Å². The summed E-state index contributed by atoms with van der Waals surface area (Å²) in [5, 5.41) is 14.5. The second-order valence-corrected chi connectivity index (χ2v) is 10.1. The normalized spacial score (nSPS) is 11.5. The van der Waals surface area contributed by atoms with E-state index in [4.69, 9.17) is 14.2 Å². The van der Waals surface area contributed by atoms with Gasteiger partial charge in [-0.25, -0.2) is 9.59 Å². The molecular formula is C25H33N3O7. The van der Waals surface area contributed by atoms with E-state index < -0.39 is 28.3 Å². The van der Waals surface area contributed by atoms with Crippen LogP contribution in [0.1, 0.15) is 52.7 Å². The highest BCUT2D eigenvalue weighted by atomic mass is 16.6. The van der Waals surface area contributed by atoms with Crippen LogP contribution in [0.25, 0.3) is 0 Å². The van der Waals surface area contributed by atoms with Gasteiger partial charge in [-0.05, 0) is 84.7 Å². The Morgan fingerprint density at radius 1 is 0.971 bits per heavy atom. The molecule has 0 atom stereocenters. The van der Waals surface area contributed by atoms with Gasteiger partial charge in [-0.3, -0.25) is 20.3 Å². The largest absolute Gasteiger partial charge is 0.455 e. The summed E-state index contributed by atoms with van der Waals surface area (Å²) in [6.45, 7) is 14.0. The molecule has 0 saturated carbocycles. The van der Waals surface area contributed by atoms with Crippen molar-refractivity contribution in [3.8, 4) is 11.5 Å². The lowest BCUT2D eigenvalue weighted by atomic mass is 10.1. The summed E-state index contributed by atoms with van der Waals surface area (Å²) < 4.78 is 16.7. The molecule has 1 N–H and O–H groups in total. The van der Waals surface area contributed by atoms with Gasteiger partial charge in [0.2, 0.25) is 0 Å². The highest BCUT2D eigenvalue weighted by molar-refractivity contribution is 5.93. The zero-order valence-corrected chi connectivity index (χ0v) is 21.6.